The zero-order valence-electron chi connectivity index (χ0n) is 32.4. The Morgan fingerprint density at radius 3 is 1.49 bits per heavy atom. The Bertz CT molecular complexity index is 1420. The highest BCUT2D eigenvalue weighted by atomic mass is 16.7. The van der Waals surface area contributed by atoms with Gasteiger partial charge in [0.25, 0.3) is 0 Å². The van der Waals surface area contributed by atoms with Crippen LogP contribution in [0.2, 0.25) is 0 Å². The molecule has 284 valence electrons. The summed E-state index contributed by atoms with van der Waals surface area (Å²) >= 11 is 0. The molecule has 4 rings (SSSR count). The molecule has 0 saturated carbocycles. The van der Waals surface area contributed by atoms with E-state index in [1.807, 2.05) is 93.5 Å². The molecule has 2 unspecified atom stereocenters. The smallest absolute Gasteiger partial charge is 0.306 e. The number of hydrogen-bond donors (Lipinski definition) is 2. The van der Waals surface area contributed by atoms with Crippen LogP contribution >= 0.6 is 0 Å². The van der Waals surface area contributed by atoms with Gasteiger partial charge in [0.05, 0.1) is 30.8 Å². The molecule has 10 nitrogen and oxygen atoms in total. The molecule has 0 aromatic heterocycles. The summed E-state index contributed by atoms with van der Waals surface area (Å²) in [6.45, 7) is 20.9. The number of ether oxygens (including phenoxy) is 6. The molecule has 0 amide bonds. The van der Waals surface area contributed by atoms with Gasteiger partial charge in [-0.1, -0.05) is 65.8 Å². The molecule has 51 heavy (non-hydrogen) atoms. The molecule has 2 aromatic rings. The summed E-state index contributed by atoms with van der Waals surface area (Å²) in [6.07, 6.45) is 0.904. The first kappa shape index (κ1) is 40.6. The van der Waals surface area contributed by atoms with Crippen molar-refractivity contribution in [1.29, 1.82) is 0 Å². The fourth-order valence-corrected chi connectivity index (χ4v) is 7.44. The van der Waals surface area contributed by atoms with Crippen LogP contribution in [0.15, 0.2) is 24.3 Å². The van der Waals surface area contributed by atoms with Crippen LogP contribution in [-0.2, 0) is 61.7 Å². The average Bonchev–Trinajstić information content (AvgIpc) is 3.02. The minimum Gasteiger partial charge on any atom is -0.507 e. The van der Waals surface area contributed by atoms with E-state index in [0.717, 1.165) is 33.4 Å². The van der Waals surface area contributed by atoms with Crippen molar-refractivity contribution in [3.8, 4) is 11.5 Å². The van der Waals surface area contributed by atoms with E-state index in [4.69, 9.17) is 28.4 Å². The Morgan fingerprint density at radius 2 is 1.10 bits per heavy atom. The summed E-state index contributed by atoms with van der Waals surface area (Å²) in [5.41, 5.74) is 3.05. The van der Waals surface area contributed by atoms with Gasteiger partial charge in [0, 0.05) is 25.7 Å². The van der Waals surface area contributed by atoms with E-state index >= 15 is 0 Å². The highest BCUT2D eigenvalue weighted by molar-refractivity contribution is 5.70. The minimum atomic E-state index is -0.934. The molecule has 2 aromatic carbocycles. The molecule has 0 radical (unpaired) electrons. The Kier molecular flexibility index (Phi) is 12.9. The van der Waals surface area contributed by atoms with Crippen molar-refractivity contribution in [3.05, 3.63) is 57.6 Å². The van der Waals surface area contributed by atoms with Gasteiger partial charge in [0.2, 0.25) is 0 Å². The fraction of sp³-hybridized carbons (Fsp3) is 0.659. The van der Waals surface area contributed by atoms with Crippen LogP contribution in [0.5, 0.6) is 11.5 Å². The molecule has 1 spiro atoms. The molecule has 10 heteroatoms. The fourth-order valence-electron chi connectivity index (χ4n) is 7.44. The number of phenols is 2. The topological polar surface area (TPSA) is 130 Å². The summed E-state index contributed by atoms with van der Waals surface area (Å²) in [5, 5.41) is 21.2. The van der Waals surface area contributed by atoms with Gasteiger partial charge in [-0.15, -0.1) is 0 Å². The lowest BCUT2D eigenvalue weighted by Crippen LogP contribution is -2.64. The first-order chi connectivity index (χ1) is 23.7. The third-order valence-corrected chi connectivity index (χ3v) is 10.2. The second-order valence-corrected chi connectivity index (χ2v) is 16.8. The van der Waals surface area contributed by atoms with E-state index in [9.17, 15) is 19.8 Å². The maximum absolute atomic E-state index is 13.2. The first-order valence-corrected chi connectivity index (χ1v) is 18.2. The SMILES string of the molecule is Cc1cc(CCC(=O)OC(C)CC2(CC(C)OC(=O)CCc3cc(C)c(O)c(C(C)(C)C)c3)OCOCC23COCOC3)cc(C(C)(C)C)c1O. The number of rotatable bonds is 12. The van der Waals surface area contributed by atoms with E-state index in [1.54, 1.807) is 0 Å². The first-order valence-electron chi connectivity index (χ1n) is 18.2. The summed E-state index contributed by atoms with van der Waals surface area (Å²) in [6, 6.07) is 7.76. The van der Waals surface area contributed by atoms with Crippen molar-refractivity contribution in [2.45, 2.75) is 136 Å². The van der Waals surface area contributed by atoms with Crippen LogP contribution in [0.25, 0.3) is 0 Å². The van der Waals surface area contributed by atoms with E-state index in [0.29, 0.717) is 45.5 Å². The van der Waals surface area contributed by atoms with Crippen molar-refractivity contribution in [2.24, 2.45) is 5.41 Å². The van der Waals surface area contributed by atoms with E-state index in [-0.39, 0.29) is 60.7 Å². The minimum absolute atomic E-state index is 0.0374. The molecule has 0 aliphatic carbocycles. The quantitative estimate of drug-likeness (QED) is 0.217. The van der Waals surface area contributed by atoms with Crippen molar-refractivity contribution in [2.75, 3.05) is 33.4 Å². The number of carbonyl (C=O) groups is 2. The molecule has 2 aliphatic rings. The van der Waals surface area contributed by atoms with Gasteiger partial charge in [-0.2, -0.15) is 0 Å². The van der Waals surface area contributed by atoms with Crippen molar-refractivity contribution in [3.63, 3.8) is 0 Å². The molecular formula is C41H60O10. The number of aromatic hydroxyl groups is 2. The normalized spacial score (nSPS) is 20.5. The van der Waals surface area contributed by atoms with Gasteiger partial charge in [0.1, 0.15) is 37.3 Å². The Hall–Kier alpha value is -3.18. The second-order valence-electron chi connectivity index (χ2n) is 16.8. The highest BCUT2D eigenvalue weighted by Crippen LogP contribution is 2.47. The van der Waals surface area contributed by atoms with Crippen LogP contribution in [0, 0.1) is 19.3 Å². The lowest BCUT2D eigenvalue weighted by Gasteiger charge is -2.54. The number of phenolic OH excluding ortho intramolecular Hbond substituents is 2. The van der Waals surface area contributed by atoms with Gasteiger partial charge in [-0.05, 0) is 84.7 Å². The van der Waals surface area contributed by atoms with E-state index < -0.39 is 23.2 Å². The predicted molar refractivity (Wildman–Crippen MR) is 194 cm³/mol. The molecule has 0 bridgehead atoms. The number of benzene rings is 2. The van der Waals surface area contributed by atoms with Gasteiger partial charge in [-0.3, -0.25) is 9.59 Å². The monoisotopic (exact) mass is 712 g/mol. The maximum Gasteiger partial charge on any atom is 0.306 e. The number of aryl methyl sites for hydroxylation is 4. The molecule has 2 aliphatic heterocycles. The van der Waals surface area contributed by atoms with Crippen molar-refractivity contribution < 1.29 is 48.2 Å². The standard InChI is InChI=1S/C41H60O10/c1-26-15-30(17-32(36(26)44)38(5,6)7)11-13-34(42)50-28(3)19-41(40(23-48-25-49-41)21-46-24-47-22-40)20-29(4)51-35(43)14-12-31-16-27(2)37(45)33(18-31)39(8,9)10/h15-18,28-29,44-45H,11-14,19-25H2,1-10H3. The second kappa shape index (κ2) is 16.2. The Balaban J connectivity index is 1.43. The van der Waals surface area contributed by atoms with Gasteiger partial charge >= 0.3 is 11.9 Å². The zero-order valence-corrected chi connectivity index (χ0v) is 32.4. The lowest BCUT2D eigenvalue weighted by molar-refractivity contribution is -0.328. The molecular weight excluding hydrogens is 652 g/mol. The third-order valence-electron chi connectivity index (χ3n) is 10.2. The number of hydrogen-bond acceptors (Lipinski definition) is 10. The Labute approximate surface area is 304 Å². The highest BCUT2D eigenvalue weighted by Gasteiger charge is 2.58. The summed E-state index contributed by atoms with van der Waals surface area (Å²) < 4.78 is 35.8. The van der Waals surface area contributed by atoms with Crippen molar-refractivity contribution >= 4 is 11.9 Å². The van der Waals surface area contributed by atoms with Crippen LogP contribution in [-0.4, -0.2) is 73.4 Å². The van der Waals surface area contributed by atoms with Crippen LogP contribution in [0.1, 0.15) is 114 Å². The van der Waals surface area contributed by atoms with Gasteiger partial charge < -0.3 is 38.6 Å². The van der Waals surface area contributed by atoms with E-state index in [2.05, 4.69) is 0 Å². The lowest BCUT2D eigenvalue weighted by atomic mass is 9.67. The predicted octanol–water partition coefficient (Wildman–Crippen LogP) is 7.25. The third kappa shape index (κ3) is 10.0. The summed E-state index contributed by atoms with van der Waals surface area (Å²) in [5.74, 6) is -0.0975. The molecule has 2 fully saturated rings. The molecule has 2 atom stereocenters. The number of carbonyl (C=O) groups excluding carboxylic acids is 2. The number of esters is 2. The molecule has 2 saturated heterocycles. The average molecular weight is 713 g/mol. The maximum atomic E-state index is 13.2. The summed E-state index contributed by atoms with van der Waals surface area (Å²) in [7, 11) is 0. The zero-order chi connectivity index (χ0) is 37.8. The van der Waals surface area contributed by atoms with Crippen LogP contribution in [0.4, 0.5) is 0 Å². The molecule has 2 N–H and O–H groups in total. The van der Waals surface area contributed by atoms with Crippen LogP contribution < -0.4 is 0 Å². The Morgan fingerprint density at radius 1 is 0.706 bits per heavy atom. The van der Waals surface area contributed by atoms with Gasteiger partial charge in [0.15, 0.2) is 0 Å². The van der Waals surface area contributed by atoms with Crippen LogP contribution in [0.3, 0.4) is 0 Å². The molecule has 2 heterocycles. The summed E-state index contributed by atoms with van der Waals surface area (Å²) in [4.78, 5) is 26.4. The largest absolute Gasteiger partial charge is 0.507 e. The van der Waals surface area contributed by atoms with Gasteiger partial charge in [-0.25, -0.2) is 0 Å². The van der Waals surface area contributed by atoms with Crippen molar-refractivity contribution in [1.82, 2.24) is 0 Å². The van der Waals surface area contributed by atoms with E-state index in [1.165, 1.54) is 0 Å².